The van der Waals surface area contributed by atoms with Crippen molar-refractivity contribution in [3.8, 4) is 5.69 Å². The van der Waals surface area contributed by atoms with Crippen molar-refractivity contribution in [2.45, 2.75) is 13.3 Å². The normalized spacial score (nSPS) is 11.2. The zero-order valence-electron chi connectivity index (χ0n) is 17.6. The first-order valence-corrected chi connectivity index (χ1v) is 10.3. The Morgan fingerprint density at radius 1 is 0.968 bits per heavy atom. The molecule has 1 aromatic heterocycles. The van der Waals surface area contributed by atoms with Crippen molar-refractivity contribution in [3.63, 3.8) is 0 Å². The van der Waals surface area contributed by atoms with Gasteiger partial charge in [0.15, 0.2) is 0 Å². The number of halogens is 1. The molecule has 0 atom stereocenters. The SMILES string of the molecule is C=CC=CCc1cc2cc(N(C(=C)C)c3ccc(F)cc3)ccc2n1-c1ccccc1. The molecular formula is C28H25FN2. The molecule has 2 nitrogen and oxygen atoms in total. The molecule has 4 rings (SSSR count). The Morgan fingerprint density at radius 3 is 2.35 bits per heavy atom. The first-order valence-electron chi connectivity index (χ1n) is 10.3. The number of para-hydroxylation sites is 1. The largest absolute Gasteiger partial charge is 0.315 e. The van der Waals surface area contributed by atoms with E-state index in [0.717, 1.165) is 40.1 Å². The lowest BCUT2D eigenvalue weighted by Crippen LogP contribution is -2.13. The third-order valence-electron chi connectivity index (χ3n) is 5.20. The first kappa shape index (κ1) is 20.4. The van der Waals surface area contributed by atoms with Gasteiger partial charge in [-0.05, 0) is 67.6 Å². The van der Waals surface area contributed by atoms with Crippen LogP contribution in [0.5, 0.6) is 0 Å². The van der Waals surface area contributed by atoms with Crippen LogP contribution in [0, 0.1) is 5.82 Å². The van der Waals surface area contributed by atoms with Gasteiger partial charge >= 0.3 is 0 Å². The number of allylic oxidation sites excluding steroid dienone is 4. The Morgan fingerprint density at radius 2 is 1.68 bits per heavy atom. The number of hydrogen-bond acceptors (Lipinski definition) is 1. The minimum Gasteiger partial charge on any atom is -0.315 e. The van der Waals surface area contributed by atoms with Crippen LogP contribution in [0.2, 0.25) is 0 Å². The van der Waals surface area contributed by atoms with E-state index < -0.39 is 0 Å². The van der Waals surface area contributed by atoms with Gasteiger partial charge in [-0.2, -0.15) is 0 Å². The third kappa shape index (κ3) is 4.22. The smallest absolute Gasteiger partial charge is 0.123 e. The van der Waals surface area contributed by atoms with Gasteiger partial charge in [0.25, 0.3) is 0 Å². The quantitative estimate of drug-likeness (QED) is 0.284. The van der Waals surface area contributed by atoms with Crippen LogP contribution in [-0.4, -0.2) is 4.57 Å². The molecule has 1 heterocycles. The molecule has 0 saturated heterocycles. The minimum absolute atomic E-state index is 0.252. The summed E-state index contributed by atoms with van der Waals surface area (Å²) in [6.45, 7) is 9.86. The fourth-order valence-electron chi connectivity index (χ4n) is 3.90. The molecule has 3 heteroatoms. The molecule has 0 unspecified atom stereocenters. The maximum absolute atomic E-state index is 13.4. The van der Waals surface area contributed by atoms with Gasteiger partial charge in [-0.1, -0.05) is 49.6 Å². The lowest BCUT2D eigenvalue weighted by molar-refractivity contribution is 0.628. The monoisotopic (exact) mass is 408 g/mol. The molecule has 0 N–H and O–H groups in total. The molecule has 154 valence electrons. The molecule has 0 bridgehead atoms. The van der Waals surface area contributed by atoms with Crippen molar-refractivity contribution in [1.82, 2.24) is 4.57 Å². The second-order valence-corrected chi connectivity index (χ2v) is 7.46. The predicted octanol–water partition coefficient (Wildman–Crippen LogP) is 7.73. The number of benzene rings is 3. The minimum atomic E-state index is -0.252. The van der Waals surface area contributed by atoms with Gasteiger partial charge in [-0.25, -0.2) is 4.39 Å². The van der Waals surface area contributed by atoms with Crippen molar-refractivity contribution in [2.24, 2.45) is 0 Å². The van der Waals surface area contributed by atoms with Crippen LogP contribution < -0.4 is 4.90 Å². The van der Waals surface area contributed by atoms with Crippen LogP contribution in [0.4, 0.5) is 15.8 Å². The summed E-state index contributed by atoms with van der Waals surface area (Å²) in [6.07, 6.45) is 6.67. The second kappa shape index (κ2) is 8.88. The Labute approximate surface area is 182 Å². The fourth-order valence-corrected chi connectivity index (χ4v) is 3.90. The molecule has 0 amide bonds. The highest BCUT2D eigenvalue weighted by Crippen LogP contribution is 2.34. The summed E-state index contributed by atoms with van der Waals surface area (Å²) in [5.74, 6) is -0.252. The lowest BCUT2D eigenvalue weighted by atomic mass is 10.1. The van der Waals surface area contributed by atoms with Gasteiger partial charge in [0, 0.05) is 40.3 Å². The van der Waals surface area contributed by atoms with Crippen molar-refractivity contribution >= 4 is 22.3 Å². The molecule has 3 aromatic carbocycles. The van der Waals surface area contributed by atoms with E-state index in [1.54, 1.807) is 18.2 Å². The van der Waals surface area contributed by atoms with Gasteiger partial charge in [-0.3, -0.25) is 0 Å². The highest BCUT2D eigenvalue weighted by molar-refractivity contribution is 5.88. The summed E-state index contributed by atoms with van der Waals surface area (Å²) >= 11 is 0. The Bertz CT molecular complexity index is 1250. The Balaban J connectivity index is 1.85. The average molecular weight is 409 g/mol. The molecule has 0 radical (unpaired) electrons. The summed E-state index contributed by atoms with van der Waals surface area (Å²) in [5, 5.41) is 1.14. The first-order chi connectivity index (χ1) is 15.1. The molecule has 31 heavy (non-hydrogen) atoms. The summed E-state index contributed by atoms with van der Waals surface area (Å²) in [4.78, 5) is 2.04. The molecule has 0 spiro atoms. The Hall–Kier alpha value is -3.85. The van der Waals surface area contributed by atoms with Crippen LogP contribution in [0.3, 0.4) is 0 Å². The molecule has 0 saturated carbocycles. The molecule has 0 aliphatic heterocycles. The van der Waals surface area contributed by atoms with Crippen molar-refractivity contribution in [2.75, 3.05) is 4.90 Å². The molecule has 0 fully saturated rings. The van der Waals surface area contributed by atoms with Crippen LogP contribution in [0.25, 0.3) is 16.6 Å². The predicted molar refractivity (Wildman–Crippen MR) is 130 cm³/mol. The number of aromatic nitrogens is 1. The lowest BCUT2D eigenvalue weighted by Gasteiger charge is -2.25. The van der Waals surface area contributed by atoms with Crippen LogP contribution in [-0.2, 0) is 6.42 Å². The topological polar surface area (TPSA) is 8.17 Å². The fraction of sp³-hybridized carbons (Fsp3) is 0.0714. The van der Waals surface area contributed by atoms with E-state index in [1.807, 2.05) is 24.0 Å². The number of nitrogens with zero attached hydrogens (tertiary/aromatic N) is 2. The van der Waals surface area contributed by atoms with E-state index in [1.165, 1.54) is 17.8 Å². The number of anilines is 2. The van der Waals surface area contributed by atoms with Crippen LogP contribution in [0.15, 0.2) is 116 Å². The van der Waals surface area contributed by atoms with E-state index in [9.17, 15) is 4.39 Å². The van der Waals surface area contributed by atoms with Crippen molar-refractivity contribution < 1.29 is 4.39 Å². The zero-order valence-corrected chi connectivity index (χ0v) is 17.6. The van der Waals surface area contributed by atoms with Crippen molar-refractivity contribution in [3.05, 3.63) is 127 Å². The number of fused-ring (bicyclic) bond motifs is 1. The standard InChI is InChI=1S/C28H25FN2/c1-4-5-7-12-26-19-22-20-27(30(21(2)3)25-15-13-23(29)14-16-25)17-18-28(22)31(26)24-10-8-6-9-11-24/h4-11,13-20H,1-2,12H2,3H3. The molecule has 0 aliphatic rings. The van der Waals surface area contributed by atoms with Crippen LogP contribution in [0.1, 0.15) is 12.6 Å². The van der Waals surface area contributed by atoms with Gasteiger partial charge in [0.05, 0.1) is 5.52 Å². The average Bonchev–Trinajstić information content (AvgIpc) is 3.13. The van der Waals surface area contributed by atoms with E-state index in [4.69, 9.17) is 0 Å². The van der Waals surface area contributed by atoms with Crippen molar-refractivity contribution in [1.29, 1.82) is 0 Å². The molecule has 4 aromatic rings. The molecule has 0 aliphatic carbocycles. The molecular weight excluding hydrogens is 383 g/mol. The summed E-state index contributed by atoms with van der Waals surface area (Å²) in [7, 11) is 0. The van der Waals surface area contributed by atoms with E-state index >= 15 is 0 Å². The number of hydrogen-bond donors (Lipinski definition) is 0. The zero-order chi connectivity index (χ0) is 21.8. The number of rotatable bonds is 7. The maximum Gasteiger partial charge on any atom is 0.123 e. The second-order valence-electron chi connectivity index (χ2n) is 7.46. The summed E-state index contributed by atoms with van der Waals surface area (Å²) in [6, 6.07) is 25.5. The van der Waals surface area contributed by atoms with Gasteiger partial charge in [-0.15, -0.1) is 0 Å². The maximum atomic E-state index is 13.4. The Kier molecular flexibility index (Phi) is 5.85. The highest BCUT2D eigenvalue weighted by atomic mass is 19.1. The van der Waals surface area contributed by atoms with E-state index in [0.29, 0.717) is 0 Å². The highest BCUT2D eigenvalue weighted by Gasteiger charge is 2.15. The summed E-state index contributed by atoms with van der Waals surface area (Å²) < 4.78 is 15.7. The van der Waals surface area contributed by atoms with Gasteiger partial charge < -0.3 is 9.47 Å². The third-order valence-corrected chi connectivity index (χ3v) is 5.20. The van der Waals surface area contributed by atoms with Gasteiger partial charge in [0.1, 0.15) is 5.82 Å². The van der Waals surface area contributed by atoms with Gasteiger partial charge in [0.2, 0.25) is 0 Å². The van der Waals surface area contributed by atoms with E-state index in [-0.39, 0.29) is 5.82 Å². The summed E-state index contributed by atoms with van der Waals surface area (Å²) in [5.41, 5.74) is 6.19. The van der Waals surface area contributed by atoms with Crippen LogP contribution >= 0.6 is 0 Å². The van der Waals surface area contributed by atoms with E-state index in [2.05, 4.69) is 72.3 Å².